The minimum absolute atomic E-state index is 0.00527. The summed E-state index contributed by atoms with van der Waals surface area (Å²) in [6.45, 7) is 0.360. The molecule has 4 rings (SSSR count). The van der Waals surface area contributed by atoms with Crippen molar-refractivity contribution < 1.29 is 19.4 Å². The van der Waals surface area contributed by atoms with E-state index in [4.69, 9.17) is 21.4 Å². The van der Waals surface area contributed by atoms with Gasteiger partial charge in [0.05, 0.1) is 13.0 Å². The van der Waals surface area contributed by atoms with Crippen molar-refractivity contribution in [2.24, 2.45) is 0 Å². The van der Waals surface area contributed by atoms with Crippen LogP contribution in [0, 0.1) is 11.8 Å². The zero-order valence-electron chi connectivity index (χ0n) is 17.1. The lowest BCUT2D eigenvalue weighted by Gasteiger charge is -2.14. The second-order valence-corrected chi connectivity index (χ2v) is 7.76. The molecule has 0 aromatic heterocycles. The number of hydrogen-bond acceptors (Lipinski definition) is 3. The summed E-state index contributed by atoms with van der Waals surface area (Å²) in [6, 6.07) is 21.3. The van der Waals surface area contributed by atoms with Gasteiger partial charge in [-0.15, -0.1) is 0 Å². The van der Waals surface area contributed by atoms with E-state index in [1.807, 2.05) is 24.3 Å². The first kappa shape index (κ1) is 21.5. The van der Waals surface area contributed by atoms with Crippen LogP contribution in [0.25, 0.3) is 11.1 Å². The third-order valence-corrected chi connectivity index (χ3v) is 5.64. The Hall–Kier alpha value is -3.75. The monoisotopic (exact) mass is 445 g/mol. The third-order valence-electron chi connectivity index (χ3n) is 5.29. The lowest BCUT2D eigenvalue weighted by Crippen LogP contribution is -2.26. The van der Waals surface area contributed by atoms with Crippen molar-refractivity contribution >= 4 is 23.7 Å². The van der Waals surface area contributed by atoms with Crippen molar-refractivity contribution in [3.05, 3.63) is 94.0 Å². The Morgan fingerprint density at radius 2 is 1.66 bits per heavy atom. The molecule has 0 atom stereocenters. The topological polar surface area (TPSA) is 75.6 Å². The van der Waals surface area contributed by atoms with Gasteiger partial charge in [0.25, 0.3) is 0 Å². The largest absolute Gasteiger partial charge is 0.481 e. The molecule has 0 radical (unpaired) electrons. The number of rotatable bonds is 5. The quantitative estimate of drug-likeness (QED) is 0.550. The molecule has 3 aromatic rings. The van der Waals surface area contributed by atoms with Crippen molar-refractivity contribution in [2.45, 2.75) is 12.3 Å². The summed E-state index contributed by atoms with van der Waals surface area (Å²) in [5.74, 6) is 4.79. The fourth-order valence-corrected chi connectivity index (χ4v) is 4.09. The van der Waals surface area contributed by atoms with E-state index < -0.39 is 12.1 Å². The third kappa shape index (κ3) is 4.77. The van der Waals surface area contributed by atoms with Gasteiger partial charge in [0.2, 0.25) is 0 Å². The smallest absolute Gasteiger partial charge is 0.407 e. The molecule has 32 heavy (non-hydrogen) atoms. The summed E-state index contributed by atoms with van der Waals surface area (Å²) in [5.41, 5.74) is 5.83. The summed E-state index contributed by atoms with van der Waals surface area (Å²) in [7, 11) is 0. The van der Waals surface area contributed by atoms with Crippen LogP contribution in [-0.2, 0) is 16.0 Å². The van der Waals surface area contributed by atoms with E-state index in [9.17, 15) is 9.59 Å². The van der Waals surface area contributed by atoms with E-state index in [1.165, 1.54) is 11.1 Å². The Morgan fingerprint density at radius 3 is 2.28 bits per heavy atom. The van der Waals surface area contributed by atoms with Gasteiger partial charge in [0.15, 0.2) is 0 Å². The highest BCUT2D eigenvalue weighted by Crippen LogP contribution is 2.44. The number of hydrogen-bond donors (Lipinski definition) is 2. The maximum absolute atomic E-state index is 12.2. The molecule has 3 aromatic carbocycles. The fourth-order valence-electron chi connectivity index (χ4n) is 3.84. The van der Waals surface area contributed by atoms with E-state index in [0.717, 1.165) is 11.1 Å². The first-order valence-electron chi connectivity index (χ1n) is 10.1. The lowest BCUT2D eigenvalue weighted by molar-refractivity contribution is -0.136. The molecule has 1 amide bonds. The molecule has 1 aliphatic rings. The number of fused-ring (bicyclic) bond motifs is 3. The van der Waals surface area contributed by atoms with Gasteiger partial charge in [-0.2, -0.15) is 0 Å². The average Bonchev–Trinajstić information content (AvgIpc) is 3.10. The summed E-state index contributed by atoms with van der Waals surface area (Å²) in [6.07, 6.45) is -0.674. The second kappa shape index (κ2) is 9.59. The van der Waals surface area contributed by atoms with Gasteiger partial charge in [0, 0.05) is 16.5 Å². The molecule has 2 N–H and O–H groups in total. The Bertz CT molecular complexity index is 1200. The van der Waals surface area contributed by atoms with Crippen LogP contribution in [0.15, 0.2) is 66.7 Å². The van der Waals surface area contributed by atoms with Crippen molar-refractivity contribution in [2.75, 3.05) is 13.2 Å². The van der Waals surface area contributed by atoms with E-state index in [0.29, 0.717) is 16.1 Å². The number of carboxylic acids is 1. The van der Waals surface area contributed by atoms with Gasteiger partial charge in [-0.1, -0.05) is 78.0 Å². The van der Waals surface area contributed by atoms with Crippen LogP contribution in [0.1, 0.15) is 28.2 Å². The van der Waals surface area contributed by atoms with E-state index >= 15 is 0 Å². The number of halogens is 1. The molecule has 160 valence electrons. The van der Waals surface area contributed by atoms with Crippen LogP contribution in [0.5, 0.6) is 0 Å². The molecular formula is C26H20ClNO4. The predicted molar refractivity (Wildman–Crippen MR) is 123 cm³/mol. The van der Waals surface area contributed by atoms with Crippen LogP contribution >= 0.6 is 11.6 Å². The number of amides is 1. The molecule has 0 saturated heterocycles. The molecule has 0 unspecified atom stereocenters. The fraction of sp³-hybridized carbons (Fsp3) is 0.154. The van der Waals surface area contributed by atoms with Gasteiger partial charge < -0.3 is 15.2 Å². The highest BCUT2D eigenvalue weighted by molar-refractivity contribution is 6.31. The Balaban J connectivity index is 1.32. The van der Waals surface area contributed by atoms with Crippen molar-refractivity contribution in [1.82, 2.24) is 5.32 Å². The van der Waals surface area contributed by atoms with Crippen LogP contribution in [0.4, 0.5) is 4.79 Å². The maximum Gasteiger partial charge on any atom is 0.407 e. The van der Waals surface area contributed by atoms with Crippen molar-refractivity contribution in [1.29, 1.82) is 0 Å². The minimum atomic E-state index is -0.946. The molecular weight excluding hydrogens is 426 g/mol. The molecule has 0 heterocycles. The molecule has 0 aliphatic heterocycles. The molecule has 0 fully saturated rings. The zero-order chi connectivity index (χ0) is 22.5. The van der Waals surface area contributed by atoms with Gasteiger partial charge in [0.1, 0.15) is 6.61 Å². The van der Waals surface area contributed by atoms with Crippen LogP contribution in [0.3, 0.4) is 0 Å². The molecule has 5 nitrogen and oxygen atoms in total. The van der Waals surface area contributed by atoms with Crippen LogP contribution < -0.4 is 5.32 Å². The van der Waals surface area contributed by atoms with Crippen LogP contribution in [0.2, 0.25) is 5.02 Å². The zero-order valence-corrected chi connectivity index (χ0v) is 17.9. The number of ether oxygens (including phenoxy) is 1. The summed E-state index contributed by atoms with van der Waals surface area (Å²) in [5, 5.41) is 11.8. The van der Waals surface area contributed by atoms with Gasteiger partial charge >= 0.3 is 12.1 Å². The summed E-state index contributed by atoms with van der Waals surface area (Å²) >= 11 is 6.09. The standard InChI is InChI=1S/C26H20ClNO4/c27-24-14-17(11-12-18(24)15-25(29)30)6-5-13-28-26(31)32-16-23-21-9-3-1-7-19(21)20-8-2-4-10-22(20)23/h1-4,7-12,14,23H,13,15-16H2,(H,28,31)(H,29,30). The highest BCUT2D eigenvalue weighted by Gasteiger charge is 2.28. The average molecular weight is 446 g/mol. The van der Waals surface area contributed by atoms with E-state index in [2.05, 4.69) is 41.4 Å². The summed E-state index contributed by atoms with van der Waals surface area (Å²) < 4.78 is 5.47. The highest BCUT2D eigenvalue weighted by atomic mass is 35.5. The molecule has 6 heteroatoms. The number of benzene rings is 3. The first-order valence-corrected chi connectivity index (χ1v) is 10.5. The number of aliphatic carboxylic acids is 1. The predicted octanol–water partition coefficient (Wildman–Crippen LogP) is 4.86. The number of carbonyl (C=O) groups excluding carboxylic acids is 1. The van der Waals surface area contributed by atoms with Crippen molar-refractivity contribution in [3.63, 3.8) is 0 Å². The lowest BCUT2D eigenvalue weighted by atomic mass is 9.98. The van der Waals surface area contributed by atoms with Crippen LogP contribution in [-0.4, -0.2) is 30.3 Å². The van der Waals surface area contributed by atoms with E-state index in [1.54, 1.807) is 18.2 Å². The molecule has 0 spiro atoms. The van der Waals surface area contributed by atoms with Crippen molar-refractivity contribution in [3.8, 4) is 23.0 Å². The summed E-state index contributed by atoms with van der Waals surface area (Å²) in [4.78, 5) is 23.0. The van der Waals surface area contributed by atoms with Gasteiger partial charge in [-0.25, -0.2) is 4.79 Å². The first-order chi connectivity index (χ1) is 15.5. The Morgan fingerprint density at radius 1 is 1.00 bits per heavy atom. The number of nitrogens with one attached hydrogen (secondary N) is 1. The number of carbonyl (C=O) groups is 2. The van der Waals surface area contributed by atoms with E-state index in [-0.39, 0.29) is 25.5 Å². The van der Waals surface area contributed by atoms with Gasteiger partial charge in [-0.3, -0.25) is 4.79 Å². The second-order valence-electron chi connectivity index (χ2n) is 7.36. The Kier molecular flexibility index (Phi) is 6.44. The number of carboxylic acid groups (broad SMARTS) is 1. The normalized spacial score (nSPS) is 11.7. The molecule has 0 saturated carbocycles. The Labute approximate surface area is 191 Å². The minimum Gasteiger partial charge on any atom is -0.481 e. The molecule has 1 aliphatic carbocycles. The van der Waals surface area contributed by atoms with Gasteiger partial charge in [-0.05, 0) is 39.9 Å². The maximum atomic E-state index is 12.2. The molecule has 0 bridgehead atoms. The number of alkyl carbamates (subject to hydrolysis) is 1. The SMILES string of the molecule is O=C(O)Cc1ccc(C#CCNC(=O)OCC2c3ccccc3-c3ccccc32)cc1Cl.